The van der Waals surface area contributed by atoms with Crippen LogP contribution in [0.15, 0.2) is 30.5 Å². The Labute approximate surface area is 122 Å². The average molecular weight is 286 g/mol. The van der Waals surface area contributed by atoms with Crippen LogP contribution in [0.2, 0.25) is 0 Å². The maximum absolute atomic E-state index is 10.7. The number of hydrogen-bond donors (Lipinski definition) is 1. The van der Waals surface area contributed by atoms with E-state index >= 15 is 0 Å². The molecule has 3 rings (SSSR count). The lowest BCUT2D eigenvalue weighted by Crippen LogP contribution is -2.13. The fourth-order valence-corrected chi connectivity index (χ4v) is 2.90. The van der Waals surface area contributed by atoms with Gasteiger partial charge in [0.15, 0.2) is 0 Å². The Balaban J connectivity index is 1.88. The zero-order valence-corrected chi connectivity index (χ0v) is 11.7. The Morgan fingerprint density at radius 1 is 1.19 bits per heavy atom. The van der Waals surface area contributed by atoms with E-state index in [0.29, 0.717) is 17.4 Å². The first-order valence-electron chi connectivity index (χ1n) is 7.24. The zero-order valence-electron chi connectivity index (χ0n) is 11.7. The highest BCUT2D eigenvalue weighted by molar-refractivity contribution is 5.72. The number of nitro groups is 1. The summed E-state index contributed by atoms with van der Waals surface area (Å²) in [7, 11) is 0. The maximum atomic E-state index is 10.7. The maximum Gasteiger partial charge on any atom is 0.269 e. The van der Waals surface area contributed by atoms with Crippen LogP contribution in [0, 0.1) is 10.1 Å². The predicted molar refractivity (Wildman–Crippen MR) is 80.9 cm³/mol. The van der Waals surface area contributed by atoms with Crippen LogP contribution in [0.25, 0.3) is 11.3 Å². The summed E-state index contributed by atoms with van der Waals surface area (Å²) in [6.07, 6.45) is 7.92. The average Bonchev–Trinajstić information content (AvgIpc) is 2.90. The van der Waals surface area contributed by atoms with Gasteiger partial charge in [0.25, 0.3) is 5.69 Å². The number of nitrogen functional groups attached to an aromatic ring is 1. The van der Waals surface area contributed by atoms with Gasteiger partial charge in [-0.3, -0.25) is 14.8 Å². The molecule has 1 saturated carbocycles. The molecule has 1 aliphatic rings. The van der Waals surface area contributed by atoms with E-state index in [1.54, 1.807) is 12.1 Å². The standard InChI is InChI=1S/C15H18N4O2/c16-14-10-18(12-4-2-1-3-5-12)17-15(14)11-6-8-13(9-7-11)19(20)21/h6-10,12H,1-5,16H2. The summed E-state index contributed by atoms with van der Waals surface area (Å²) < 4.78 is 1.96. The molecule has 1 aromatic carbocycles. The lowest BCUT2D eigenvalue weighted by Gasteiger charge is -2.21. The highest BCUT2D eigenvalue weighted by Crippen LogP contribution is 2.32. The van der Waals surface area contributed by atoms with Crippen LogP contribution in [-0.4, -0.2) is 14.7 Å². The van der Waals surface area contributed by atoms with Crippen LogP contribution < -0.4 is 5.73 Å². The number of rotatable bonds is 3. The molecule has 1 aliphatic carbocycles. The van der Waals surface area contributed by atoms with Gasteiger partial charge in [0.1, 0.15) is 5.69 Å². The summed E-state index contributed by atoms with van der Waals surface area (Å²) in [5.41, 5.74) is 8.27. The minimum absolute atomic E-state index is 0.0732. The van der Waals surface area contributed by atoms with Gasteiger partial charge in [-0.25, -0.2) is 0 Å². The summed E-state index contributed by atoms with van der Waals surface area (Å²) in [5.74, 6) is 0. The van der Waals surface area contributed by atoms with Gasteiger partial charge in [-0.05, 0) is 25.0 Å². The number of nitrogens with zero attached hydrogens (tertiary/aromatic N) is 3. The van der Waals surface area contributed by atoms with Crippen LogP contribution in [0.3, 0.4) is 0 Å². The number of benzene rings is 1. The number of nitrogens with two attached hydrogens (primary N) is 1. The number of hydrogen-bond acceptors (Lipinski definition) is 4. The Bertz CT molecular complexity index is 642. The molecule has 6 heteroatoms. The minimum Gasteiger partial charge on any atom is -0.396 e. The first-order chi connectivity index (χ1) is 10.1. The summed E-state index contributed by atoms with van der Waals surface area (Å²) >= 11 is 0. The van der Waals surface area contributed by atoms with E-state index < -0.39 is 4.92 Å². The molecule has 0 aliphatic heterocycles. The Kier molecular flexibility index (Phi) is 3.60. The second kappa shape index (κ2) is 5.55. The molecule has 0 unspecified atom stereocenters. The van der Waals surface area contributed by atoms with Crippen LogP contribution in [0.5, 0.6) is 0 Å². The Hall–Kier alpha value is -2.37. The molecule has 6 nitrogen and oxygen atoms in total. The SMILES string of the molecule is Nc1cn(C2CCCCC2)nc1-c1ccc([N+](=O)[O-])cc1. The third-order valence-corrected chi connectivity index (χ3v) is 4.06. The van der Waals surface area contributed by atoms with E-state index in [9.17, 15) is 10.1 Å². The molecule has 0 radical (unpaired) electrons. The molecule has 2 aromatic rings. The van der Waals surface area contributed by atoms with E-state index in [4.69, 9.17) is 5.73 Å². The van der Waals surface area contributed by atoms with E-state index in [0.717, 1.165) is 18.4 Å². The lowest BCUT2D eigenvalue weighted by molar-refractivity contribution is -0.384. The molecule has 2 N–H and O–H groups in total. The van der Waals surface area contributed by atoms with Crippen molar-refractivity contribution >= 4 is 11.4 Å². The van der Waals surface area contributed by atoms with Gasteiger partial charge >= 0.3 is 0 Å². The van der Waals surface area contributed by atoms with E-state index in [2.05, 4.69) is 5.10 Å². The van der Waals surface area contributed by atoms with Crippen LogP contribution in [0.4, 0.5) is 11.4 Å². The van der Waals surface area contributed by atoms with Crippen LogP contribution in [0.1, 0.15) is 38.1 Å². The van der Waals surface area contributed by atoms with Crippen LogP contribution >= 0.6 is 0 Å². The Morgan fingerprint density at radius 3 is 2.48 bits per heavy atom. The monoisotopic (exact) mass is 286 g/mol. The Morgan fingerprint density at radius 2 is 1.86 bits per heavy atom. The first-order valence-corrected chi connectivity index (χ1v) is 7.24. The molecule has 0 bridgehead atoms. The molecule has 0 atom stereocenters. The smallest absolute Gasteiger partial charge is 0.269 e. The highest BCUT2D eigenvalue weighted by Gasteiger charge is 2.18. The van der Waals surface area contributed by atoms with Gasteiger partial charge < -0.3 is 5.73 Å². The molecular formula is C15H18N4O2. The van der Waals surface area contributed by atoms with Gasteiger partial charge in [0.2, 0.25) is 0 Å². The van der Waals surface area contributed by atoms with Crippen LogP contribution in [-0.2, 0) is 0 Å². The number of non-ortho nitro benzene ring substituents is 1. The quantitative estimate of drug-likeness (QED) is 0.690. The molecule has 1 fully saturated rings. The third-order valence-electron chi connectivity index (χ3n) is 4.06. The van der Waals surface area contributed by atoms with Crippen molar-refractivity contribution in [3.05, 3.63) is 40.6 Å². The normalized spacial score (nSPS) is 16.0. The van der Waals surface area contributed by atoms with Crippen molar-refractivity contribution in [1.29, 1.82) is 0 Å². The summed E-state index contributed by atoms with van der Waals surface area (Å²) in [4.78, 5) is 10.3. The fraction of sp³-hybridized carbons (Fsp3) is 0.400. The largest absolute Gasteiger partial charge is 0.396 e. The molecule has 1 heterocycles. The van der Waals surface area contributed by atoms with Crippen molar-refractivity contribution in [3.63, 3.8) is 0 Å². The summed E-state index contributed by atoms with van der Waals surface area (Å²) in [5, 5.41) is 15.3. The van der Waals surface area contributed by atoms with Crippen molar-refractivity contribution in [1.82, 2.24) is 9.78 Å². The van der Waals surface area contributed by atoms with Gasteiger partial charge in [-0.15, -0.1) is 0 Å². The van der Waals surface area contributed by atoms with E-state index in [-0.39, 0.29) is 5.69 Å². The molecule has 0 spiro atoms. The zero-order chi connectivity index (χ0) is 14.8. The fourth-order valence-electron chi connectivity index (χ4n) is 2.90. The first kappa shape index (κ1) is 13.6. The number of anilines is 1. The number of nitro benzene ring substituents is 1. The predicted octanol–water partition coefficient (Wildman–Crippen LogP) is 3.55. The molecular weight excluding hydrogens is 268 g/mol. The molecule has 21 heavy (non-hydrogen) atoms. The minimum atomic E-state index is -0.409. The van der Waals surface area contributed by atoms with Gasteiger partial charge in [-0.1, -0.05) is 19.3 Å². The van der Waals surface area contributed by atoms with E-state index in [1.165, 1.54) is 31.4 Å². The molecule has 0 amide bonds. The lowest BCUT2D eigenvalue weighted by atomic mass is 9.96. The number of aromatic nitrogens is 2. The summed E-state index contributed by atoms with van der Waals surface area (Å²) in [6, 6.07) is 6.78. The third kappa shape index (κ3) is 2.74. The van der Waals surface area contributed by atoms with Gasteiger partial charge in [-0.2, -0.15) is 5.10 Å². The van der Waals surface area contributed by atoms with Crippen molar-refractivity contribution in [3.8, 4) is 11.3 Å². The van der Waals surface area contributed by atoms with Crippen molar-refractivity contribution in [2.24, 2.45) is 0 Å². The van der Waals surface area contributed by atoms with Crippen molar-refractivity contribution in [2.75, 3.05) is 5.73 Å². The second-order valence-electron chi connectivity index (χ2n) is 5.51. The van der Waals surface area contributed by atoms with E-state index in [1.807, 2.05) is 10.9 Å². The molecule has 0 saturated heterocycles. The molecule has 1 aromatic heterocycles. The van der Waals surface area contributed by atoms with Crippen molar-refractivity contribution < 1.29 is 4.92 Å². The topological polar surface area (TPSA) is 87.0 Å². The molecule has 110 valence electrons. The van der Waals surface area contributed by atoms with Gasteiger partial charge in [0, 0.05) is 23.9 Å². The highest BCUT2D eigenvalue weighted by atomic mass is 16.6. The van der Waals surface area contributed by atoms with Gasteiger partial charge in [0.05, 0.1) is 16.7 Å². The summed E-state index contributed by atoms with van der Waals surface area (Å²) in [6.45, 7) is 0. The van der Waals surface area contributed by atoms with Crippen molar-refractivity contribution in [2.45, 2.75) is 38.1 Å². The second-order valence-corrected chi connectivity index (χ2v) is 5.51.